The quantitative estimate of drug-likeness (QED) is 0.818. The highest BCUT2D eigenvalue weighted by Gasteiger charge is 2.33. The predicted molar refractivity (Wildman–Crippen MR) is 102 cm³/mol. The van der Waals surface area contributed by atoms with Gasteiger partial charge in [0.2, 0.25) is 21.8 Å². The number of ether oxygens (including phenoxy) is 1. The lowest BCUT2D eigenvalue weighted by Gasteiger charge is -2.30. The number of fused-ring (bicyclic) bond motifs is 1. The molecule has 0 saturated carbocycles. The number of hydrogen-bond donors (Lipinski definition) is 1. The third-order valence-electron chi connectivity index (χ3n) is 5.47. The van der Waals surface area contributed by atoms with Crippen LogP contribution in [0, 0.1) is 5.92 Å². The molecule has 0 atom stereocenters. The molecule has 1 aliphatic heterocycles. The number of aromatic nitrogens is 1. The van der Waals surface area contributed by atoms with E-state index in [-0.39, 0.29) is 16.7 Å². The number of hydrogen-bond acceptors (Lipinski definition) is 6. The second-order valence-corrected chi connectivity index (χ2v) is 9.07. The molecule has 9 heteroatoms. The van der Waals surface area contributed by atoms with Crippen LogP contribution < -0.4 is 10.1 Å². The molecule has 8 nitrogen and oxygen atoms in total. The summed E-state index contributed by atoms with van der Waals surface area (Å²) < 4.78 is 37.4. The Morgan fingerprint density at radius 3 is 2.61 bits per heavy atom. The number of amides is 1. The van der Waals surface area contributed by atoms with E-state index >= 15 is 0 Å². The molecule has 1 aliphatic carbocycles. The van der Waals surface area contributed by atoms with Crippen LogP contribution in [-0.4, -0.2) is 44.0 Å². The lowest BCUT2D eigenvalue weighted by atomic mass is 9.97. The summed E-state index contributed by atoms with van der Waals surface area (Å²) in [6, 6.07) is 6.33. The van der Waals surface area contributed by atoms with Crippen molar-refractivity contribution in [2.75, 3.05) is 25.5 Å². The Balaban J connectivity index is 1.37. The minimum Gasteiger partial charge on any atom is -0.497 e. The Morgan fingerprint density at radius 2 is 1.93 bits per heavy atom. The maximum atomic E-state index is 12.8. The van der Waals surface area contributed by atoms with Crippen molar-refractivity contribution in [2.45, 2.75) is 37.0 Å². The van der Waals surface area contributed by atoms with Crippen LogP contribution in [0.25, 0.3) is 0 Å². The highest BCUT2D eigenvalue weighted by Crippen LogP contribution is 2.30. The number of methoxy groups -OCH3 is 1. The molecule has 4 rings (SSSR count). The number of carbonyl (C=O) groups is 1. The zero-order valence-electron chi connectivity index (χ0n) is 15.7. The van der Waals surface area contributed by atoms with Gasteiger partial charge in [-0.2, -0.15) is 4.31 Å². The number of carbonyl (C=O) groups excluding carboxylic acids is 1. The molecule has 1 aromatic heterocycles. The van der Waals surface area contributed by atoms with Crippen LogP contribution in [0.3, 0.4) is 0 Å². The van der Waals surface area contributed by atoms with Gasteiger partial charge in [0.25, 0.3) is 0 Å². The van der Waals surface area contributed by atoms with Crippen molar-refractivity contribution in [3.63, 3.8) is 0 Å². The molecule has 0 spiro atoms. The van der Waals surface area contributed by atoms with E-state index in [9.17, 15) is 13.2 Å². The van der Waals surface area contributed by atoms with E-state index in [0.29, 0.717) is 37.6 Å². The van der Waals surface area contributed by atoms with Gasteiger partial charge in [0, 0.05) is 24.6 Å². The summed E-state index contributed by atoms with van der Waals surface area (Å²) in [5.41, 5.74) is 1.92. The van der Waals surface area contributed by atoms with Crippen molar-refractivity contribution in [3.8, 4) is 5.75 Å². The van der Waals surface area contributed by atoms with Crippen molar-refractivity contribution < 1.29 is 22.5 Å². The molecule has 0 radical (unpaired) electrons. The number of nitrogens with one attached hydrogen (secondary N) is 1. The number of rotatable bonds is 5. The summed E-state index contributed by atoms with van der Waals surface area (Å²) in [7, 11) is -2.04. The first kappa shape index (κ1) is 18.9. The topological polar surface area (TPSA) is 102 Å². The van der Waals surface area contributed by atoms with E-state index in [1.165, 1.54) is 23.5 Å². The number of sulfonamides is 1. The van der Waals surface area contributed by atoms with Crippen molar-refractivity contribution in [1.82, 2.24) is 9.46 Å². The molecule has 0 bridgehead atoms. The SMILES string of the molecule is COc1ccc(S(=O)(=O)N2CCC(C(=O)Nc3onc4c3CCC4)CC2)cc1. The third kappa shape index (κ3) is 3.51. The van der Waals surface area contributed by atoms with Gasteiger partial charge in [-0.05, 0) is 56.4 Å². The van der Waals surface area contributed by atoms with Gasteiger partial charge in [-0.25, -0.2) is 8.42 Å². The van der Waals surface area contributed by atoms with Gasteiger partial charge in [-0.1, -0.05) is 5.16 Å². The number of anilines is 1. The monoisotopic (exact) mass is 405 g/mol. The van der Waals surface area contributed by atoms with E-state index in [1.54, 1.807) is 12.1 Å². The van der Waals surface area contributed by atoms with Crippen LogP contribution in [0.2, 0.25) is 0 Å². The van der Waals surface area contributed by atoms with Crippen molar-refractivity contribution in [3.05, 3.63) is 35.5 Å². The standard InChI is InChI=1S/C19H23N3O5S/c1-26-14-5-7-15(8-6-14)28(24,25)22-11-9-13(10-12-22)18(23)20-19-16-3-2-4-17(16)21-27-19/h5-8,13H,2-4,9-12H2,1H3,(H,20,23). The van der Waals surface area contributed by atoms with E-state index in [2.05, 4.69) is 10.5 Å². The van der Waals surface area contributed by atoms with Gasteiger partial charge >= 0.3 is 0 Å². The smallest absolute Gasteiger partial charge is 0.243 e. The molecular formula is C19H23N3O5S. The summed E-state index contributed by atoms with van der Waals surface area (Å²) in [6.45, 7) is 0.613. The molecule has 2 aliphatic rings. The minimum absolute atomic E-state index is 0.132. The molecule has 1 aromatic carbocycles. The summed E-state index contributed by atoms with van der Waals surface area (Å²) in [5.74, 6) is 0.677. The number of aryl methyl sites for hydroxylation is 1. The Hall–Kier alpha value is -2.39. The van der Waals surface area contributed by atoms with Crippen LogP contribution in [0.15, 0.2) is 33.7 Å². The van der Waals surface area contributed by atoms with Crippen LogP contribution in [-0.2, 0) is 27.7 Å². The zero-order chi connectivity index (χ0) is 19.7. The number of benzene rings is 1. The van der Waals surface area contributed by atoms with E-state index < -0.39 is 10.0 Å². The van der Waals surface area contributed by atoms with Gasteiger partial charge in [-0.3, -0.25) is 10.1 Å². The van der Waals surface area contributed by atoms with Gasteiger partial charge < -0.3 is 9.26 Å². The fourth-order valence-electron chi connectivity index (χ4n) is 3.80. The van der Waals surface area contributed by atoms with Gasteiger partial charge in [-0.15, -0.1) is 0 Å². The normalized spacial score (nSPS) is 18.0. The predicted octanol–water partition coefficient (Wildman–Crippen LogP) is 2.21. The third-order valence-corrected chi connectivity index (χ3v) is 7.38. The lowest BCUT2D eigenvalue weighted by molar-refractivity contribution is -0.121. The Morgan fingerprint density at radius 1 is 1.21 bits per heavy atom. The van der Waals surface area contributed by atoms with Crippen molar-refractivity contribution >= 4 is 21.8 Å². The molecule has 0 unspecified atom stereocenters. The first-order valence-electron chi connectivity index (χ1n) is 9.41. The Labute approximate surface area is 163 Å². The largest absolute Gasteiger partial charge is 0.497 e. The second-order valence-electron chi connectivity index (χ2n) is 7.13. The maximum absolute atomic E-state index is 12.8. The Kier molecular flexibility index (Phi) is 5.11. The molecule has 150 valence electrons. The zero-order valence-corrected chi connectivity index (χ0v) is 16.5. The molecule has 1 amide bonds. The first-order valence-corrected chi connectivity index (χ1v) is 10.9. The van der Waals surface area contributed by atoms with Crippen LogP contribution in [0.5, 0.6) is 5.75 Å². The molecule has 2 heterocycles. The molecule has 2 aromatic rings. The van der Waals surface area contributed by atoms with E-state index in [0.717, 1.165) is 30.5 Å². The summed E-state index contributed by atoms with van der Waals surface area (Å²) in [5, 5.41) is 6.84. The van der Waals surface area contributed by atoms with E-state index in [1.807, 2.05) is 0 Å². The summed E-state index contributed by atoms with van der Waals surface area (Å²) in [6.07, 6.45) is 3.72. The highest BCUT2D eigenvalue weighted by atomic mass is 32.2. The average molecular weight is 405 g/mol. The second kappa shape index (κ2) is 7.56. The van der Waals surface area contributed by atoms with Crippen molar-refractivity contribution in [1.29, 1.82) is 0 Å². The Bertz CT molecular complexity index is 960. The fourth-order valence-corrected chi connectivity index (χ4v) is 5.27. The number of piperidine rings is 1. The van der Waals surface area contributed by atoms with Crippen LogP contribution in [0.4, 0.5) is 5.88 Å². The van der Waals surface area contributed by atoms with Gasteiger partial charge in [0.15, 0.2) is 0 Å². The summed E-state index contributed by atoms with van der Waals surface area (Å²) in [4.78, 5) is 12.8. The van der Waals surface area contributed by atoms with Crippen molar-refractivity contribution in [2.24, 2.45) is 5.92 Å². The molecule has 1 saturated heterocycles. The molecule has 28 heavy (non-hydrogen) atoms. The number of nitrogens with zero attached hydrogens (tertiary/aromatic N) is 2. The van der Waals surface area contributed by atoms with Gasteiger partial charge in [0.1, 0.15) is 5.75 Å². The maximum Gasteiger partial charge on any atom is 0.243 e. The minimum atomic E-state index is -3.58. The van der Waals surface area contributed by atoms with Gasteiger partial charge in [0.05, 0.1) is 17.7 Å². The van der Waals surface area contributed by atoms with Crippen LogP contribution >= 0.6 is 0 Å². The summed E-state index contributed by atoms with van der Waals surface area (Å²) >= 11 is 0. The molecular weight excluding hydrogens is 382 g/mol. The van der Waals surface area contributed by atoms with E-state index in [4.69, 9.17) is 9.26 Å². The van der Waals surface area contributed by atoms with Crippen LogP contribution in [0.1, 0.15) is 30.5 Å². The highest BCUT2D eigenvalue weighted by molar-refractivity contribution is 7.89. The molecule has 1 N–H and O–H groups in total. The lowest BCUT2D eigenvalue weighted by Crippen LogP contribution is -2.41. The fraction of sp³-hybridized carbons (Fsp3) is 0.474. The first-order chi connectivity index (χ1) is 13.5. The average Bonchev–Trinajstić information content (AvgIpc) is 3.33. The molecule has 1 fully saturated rings.